The molecule has 0 amide bonds. The first kappa shape index (κ1) is 15.4. The van der Waals surface area contributed by atoms with Gasteiger partial charge in [0.05, 0.1) is 18.0 Å². The Bertz CT molecular complexity index is 815. The molecule has 1 atom stereocenters. The average Bonchev–Trinajstić information content (AvgIpc) is 3.24. The van der Waals surface area contributed by atoms with E-state index in [9.17, 15) is 0 Å². The van der Waals surface area contributed by atoms with Gasteiger partial charge < -0.3 is 9.13 Å². The number of hydrogen-bond donors (Lipinski definition) is 1. The van der Waals surface area contributed by atoms with Crippen LogP contribution in [0.15, 0.2) is 41.5 Å². The first-order chi connectivity index (χ1) is 12.1. The van der Waals surface area contributed by atoms with E-state index in [-0.39, 0.29) is 5.60 Å². The van der Waals surface area contributed by atoms with E-state index in [2.05, 4.69) is 27.4 Å². The molecule has 4 aliphatic rings. The van der Waals surface area contributed by atoms with Crippen molar-refractivity contribution in [3.05, 3.63) is 36.5 Å². The molecule has 5 nitrogen and oxygen atoms in total. The quantitative estimate of drug-likeness (QED) is 0.847. The van der Waals surface area contributed by atoms with Crippen molar-refractivity contribution in [2.75, 3.05) is 31.5 Å². The number of nitrogens with one attached hydrogen (secondary N) is 1. The molecule has 5 heterocycles. The molecule has 1 N–H and O–H groups in total. The van der Waals surface area contributed by atoms with Gasteiger partial charge in [-0.15, -0.1) is 0 Å². The minimum absolute atomic E-state index is 0.215. The van der Waals surface area contributed by atoms with Crippen molar-refractivity contribution in [3.8, 4) is 10.4 Å². The van der Waals surface area contributed by atoms with Crippen molar-refractivity contribution in [1.82, 2.24) is 4.98 Å². The van der Waals surface area contributed by atoms with Gasteiger partial charge in [-0.05, 0) is 18.4 Å². The van der Waals surface area contributed by atoms with Crippen LogP contribution in [0.4, 0.5) is 5.13 Å². The Balaban J connectivity index is 1.30. The topological polar surface area (TPSA) is 46.5 Å². The van der Waals surface area contributed by atoms with Crippen molar-refractivity contribution in [2.24, 2.45) is 10.9 Å². The Kier molecular flexibility index (Phi) is 3.43. The minimum atomic E-state index is -0.215. The summed E-state index contributed by atoms with van der Waals surface area (Å²) in [4.78, 5) is 10.2. The van der Waals surface area contributed by atoms with Gasteiger partial charge in [0.15, 0.2) is 10.7 Å². The third kappa shape index (κ3) is 2.66. The highest BCUT2D eigenvalue weighted by atomic mass is 32.1. The molecule has 3 radical (unpaired) electrons. The number of amidine groups is 1. The van der Waals surface area contributed by atoms with E-state index in [1.807, 2.05) is 24.4 Å². The van der Waals surface area contributed by atoms with E-state index in [1.165, 1.54) is 5.56 Å². The van der Waals surface area contributed by atoms with Crippen LogP contribution in [-0.4, -0.2) is 55.2 Å². The molecule has 7 heteroatoms. The number of benzene rings is 1. The molecule has 1 aromatic carbocycles. The number of rotatable bonds is 2. The van der Waals surface area contributed by atoms with Gasteiger partial charge in [0.1, 0.15) is 0 Å². The molecule has 1 unspecified atom stereocenters. The van der Waals surface area contributed by atoms with Gasteiger partial charge in [0.2, 0.25) is 0 Å². The lowest BCUT2D eigenvalue weighted by Gasteiger charge is -2.64. The number of thiazole rings is 1. The molecule has 3 saturated heterocycles. The van der Waals surface area contributed by atoms with E-state index < -0.39 is 0 Å². The zero-order valence-electron chi connectivity index (χ0n) is 14.0. The number of nitrogens with zero attached hydrogens (tertiary/aromatic N) is 3. The van der Waals surface area contributed by atoms with Gasteiger partial charge in [-0.25, -0.2) is 18.0 Å². The lowest BCUT2D eigenvalue weighted by Crippen LogP contribution is -2.69. The van der Waals surface area contributed by atoms with Crippen molar-refractivity contribution in [2.45, 2.75) is 18.4 Å². The van der Waals surface area contributed by atoms with Crippen LogP contribution in [0.5, 0.6) is 0 Å². The highest BCUT2D eigenvalue weighted by molar-refractivity contribution is 7.19. The second kappa shape index (κ2) is 5.57. The molecule has 2 bridgehead atoms. The summed E-state index contributed by atoms with van der Waals surface area (Å²) < 4.78 is 6.95. The Labute approximate surface area is 152 Å². The maximum absolute atomic E-state index is 6.49. The summed E-state index contributed by atoms with van der Waals surface area (Å²) in [7, 11) is 6.49. The van der Waals surface area contributed by atoms with Gasteiger partial charge in [-0.2, -0.15) is 0 Å². The van der Waals surface area contributed by atoms with Crippen LogP contribution in [0.1, 0.15) is 12.8 Å². The van der Waals surface area contributed by atoms with Crippen LogP contribution >= 0.6 is 11.3 Å². The number of hydrogen-bond acceptors (Lipinski definition) is 5. The molecule has 1 aromatic heterocycles. The second-order valence-corrected chi connectivity index (χ2v) is 8.44. The SMILES string of the molecule is [B-][N+]12CCC(CC1)C1(CN=C(Nc3ncc(-c4ccccc4)s3)O1)C2. The summed E-state index contributed by atoms with van der Waals surface area (Å²) in [6, 6.07) is 10.9. The van der Waals surface area contributed by atoms with Crippen molar-refractivity contribution in [3.63, 3.8) is 0 Å². The Morgan fingerprint density at radius 1 is 1.24 bits per heavy atom. The smallest absolute Gasteiger partial charge is 0.292 e. The van der Waals surface area contributed by atoms with Crippen LogP contribution in [0, 0.1) is 5.92 Å². The second-order valence-electron chi connectivity index (χ2n) is 7.41. The molecule has 2 aromatic rings. The largest absolute Gasteiger partial charge is 0.585 e. The maximum Gasteiger partial charge on any atom is 0.292 e. The number of aliphatic imine (C=N–C) groups is 1. The summed E-state index contributed by atoms with van der Waals surface area (Å²) in [6.07, 6.45) is 4.16. The van der Waals surface area contributed by atoms with Crippen LogP contribution in [0.25, 0.3) is 10.4 Å². The molecule has 3 fully saturated rings. The van der Waals surface area contributed by atoms with E-state index in [1.54, 1.807) is 11.3 Å². The number of ether oxygens (including phenoxy) is 1. The fourth-order valence-corrected chi connectivity index (χ4v) is 5.22. The number of anilines is 1. The maximum atomic E-state index is 6.49. The average molecular weight is 351 g/mol. The molecule has 25 heavy (non-hydrogen) atoms. The fraction of sp³-hybridized carbons (Fsp3) is 0.444. The summed E-state index contributed by atoms with van der Waals surface area (Å²) >= 11 is 1.61. The van der Waals surface area contributed by atoms with Gasteiger partial charge >= 0.3 is 0 Å². The number of aromatic nitrogens is 1. The first-order valence-electron chi connectivity index (χ1n) is 8.81. The van der Waals surface area contributed by atoms with E-state index in [0.29, 0.717) is 22.9 Å². The fourth-order valence-electron chi connectivity index (χ4n) is 4.41. The van der Waals surface area contributed by atoms with Crippen molar-refractivity contribution >= 4 is 30.5 Å². The predicted octanol–water partition coefficient (Wildman–Crippen LogP) is 2.67. The molecule has 6 rings (SSSR count). The summed E-state index contributed by atoms with van der Waals surface area (Å²) in [6.45, 7) is 3.69. The van der Waals surface area contributed by atoms with Crippen molar-refractivity contribution in [1.29, 1.82) is 0 Å². The molecule has 0 saturated carbocycles. The molecule has 0 aliphatic carbocycles. The Morgan fingerprint density at radius 3 is 2.80 bits per heavy atom. The zero-order valence-corrected chi connectivity index (χ0v) is 14.8. The molecule has 1 spiro atoms. The van der Waals surface area contributed by atoms with Gasteiger partial charge in [0.25, 0.3) is 6.02 Å². The molecule has 4 aliphatic heterocycles. The van der Waals surface area contributed by atoms with Crippen LogP contribution in [0.3, 0.4) is 0 Å². The Morgan fingerprint density at radius 2 is 2.04 bits per heavy atom. The molecular formula is C18H20BN4OS. The Hall–Kier alpha value is -1.86. The number of piperidine rings is 3. The van der Waals surface area contributed by atoms with E-state index in [4.69, 9.17) is 12.7 Å². The van der Waals surface area contributed by atoms with Crippen LogP contribution < -0.4 is 5.32 Å². The van der Waals surface area contributed by atoms with Gasteiger partial charge in [-0.3, -0.25) is 5.32 Å². The lowest BCUT2D eigenvalue weighted by molar-refractivity contribution is -0.845. The highest BCUT2D eigenvalue weighted by Gasteiger charge is 2.54. The molecular weight excluding hydrogens is 331 g/mol. The summed E-state index contributed by atoms with van der Waals surface area (Å²) in [5.74, 6) is 0.565. The van der Waals surface area contributed by atoms with Crippen LogP contribution in [-0.2, 0) is 4.74 Å². The van der Waals surface area contributed by atoms with Crippen LogP contribution in [0.2, 0.25) is 0 Å². The summed E-state index contributed by atoms with van der Waals surface area (Å²) in [5.41, 5.74) is 0.957. The number of quaternary nitrogens is 1. The van der Waals surface area contributed by atoms with E-state index in [0.717, 1.165) is 42.5 Å². The normalized spacial score (nSPS) is 33.3. The number of fused-ring (bicyclic) bond motifs is 2. The zero-order chi connectivity index (χ0) is 16.9. The van der Waals surface area contributed by atoms with Gasteiger partial charge in [-0.1, -0.05) is 41.7 Å². The summed E-state index contributed by atoms with van der Waals surface area (Å²) in [5, 5.41) is 4.07. The van der Waals surface area contributed by atoms with E-state index >= 15 is 0 Å². The first-order valence-corrected chi connectivity index (χ1v) is 9.62. The highest BCUT2D eigenvalue weighted by Crippen LogP contribution is 2.43. The van der Waals surface area contributed by atoms with Gasteiger partial charge in [0, 0.05) is 25.2 Å². The molecule has 127 valence electrons. The predicted molar refractivity (Wildman–Crippen MR) is 101 cm³/mol. The van der Waals surface area contributed by atoms with Crippen molar-refractivity contribution < 1.29 is 9.13 Å². The third-order valence-corrected chi connectivity index (χ3v) is 6.70. The monoisotopic (exact) mass is 351 g/mol. The lowest BCUT2D eigenvalue weighted by atomic mass is 9.72. The minimum Gasteiger partial charge on any atom is -0.585 e. The standard InChI is InChI=1S/C18H20BN4OS/c19-23-8-6-14(7-9-23)18(12-23)11-21-16(24-18)22-17-20-10-15(25-17)13-4-2-1-3-5-13/h1-5,10,14H,6-9,11-12H2,(H,20,21,22). The third-order valence-electron chi connectivity index (χ3n) is 5.74.